The van der Waals surface area contributed by atoms with Crippen molar-refractivity contribution in [2.75, 3.05) is 35.2 Å². The van der Waals surface area contributed by atoms with Crippen molar-refractivity contribution in [2.24, 2.45) is 5.92 Å². The lowest BCUT2D eigenvalue weighted by Gasteiger charge is -2.32. The minimum atomic E-state index is -1.17. The highest BCUT2D eigenvalue weighted by molar-refractivity contribution is 6.04. The number of halogens is 2. The summed E-state index contributed by atoms with van der Waals surface area (Å²) >= 11 is 0. The van der Waals surface area contributed by atoms with E-state index in [1.165, 1.54) is 6.07 Å². The minimum absolute atomic E-state index is 0.0121. The van der Waals surface area contributed by atoms with Crippen molar-refractivity contribution >= 4 is 35.2 Å². The van der Waals surface area contributed by atoms with Crippen LogP contribution in [-0.2, 0) is 19.1 Å². The lowest BCUT2D eigenvalue weighted by Crippen LogP contribution is -2.41. The van der Waals surface area contributed by atoms with E-state index in [-0.39, 0.29) is 41.3 Å². The number of esters is 1. The Bertz CT molecular complexity index is 1190. The van der Waals surface area contributed by atoms with Gasteiger partial charge < -0.3 is 20.3 Å². The van der Waals surface area contributed by atoms with E-state index < -0.39 is 34.9 Å². The smallest absolute Gasteiger partial charge is 0.309 e. The number of hydrogen-bond acceptors (Lipinski definition) is 7. The molecule has 1 atom stereocenters. The van der Waals surface area contributed by atoms with Crippen molar-refractivity contribution in [3.05, 3.63) is 45.8 Å². The number of hydrogen-bond donors (Lipinski definition) is 3. The number of anilines is 3. The molecule has 1 saturated heterocycles. The molecule has 2 aliphatic rings. The Kier molecular flexibility index (Phi) is 6.57. The van der Waals surface area contributed by atoms with Crippen LogP contribution in [0.1, 0.15) is 37.7 Å². The molecule has 0 radical (unpaired) electrons. The third-order valence-electron chi connectivity index (χ3n) is 5.86. The average molecular weight is 475 g/mol. The van der Waals surface area contributed by atoms with E-state index in [1.807, 2.05) is 0 Å². The summed E-state index contributed by atoms with van der Waals surface area (Å²) in [6.07, 6.45) is 0.730. The normalized spacial score (nSPS) is 18.1. The average Bonchev–Trinajstić information content (AvgIpc) is 2.80. The van der Waals surface area contributed by atoms with Crippen molar-refractivity contribution in [3.63, 3.8) is 0 Å². The van der Waals surface area contributed by atoms with Gasteiger partial charge in [0.15, 0.2) is 11.6 Å². The number of fused-ring (bicyclic) bond motifs is 1. The van der Waals surface area contributed by atoms with E-state index in [4.69, 9.17) is 4.74 Å². The number of carbonyl (C=O) groups excluding carboxylic acids is 3. The second kappa shape index (κ2) is 9.57. The fraction of sp³-hybridized carbons (Fsp3) is 0.409. The first-order chi connectivity index (χ1) is 16.3. The van der Waals surface area contributed by atoms with Crippen LogP contribution < -0.4 is 21.1 Å². The second-order valence-corrected chi connectivity index (χ2v) is 8.09. The van der Waals surface area contributed by atoms with Crippen LogP contribution in [0, 0.1) is 17.6 Å². The van der Waals surface area contributed by atoms with Gasteiger partial charge in [0, 0.05) is 31.3 Å². The molecule has 3 N–H and O–H groups in total. The highest BCUT2D eigenvalue weighted by Crippen LogP contribution is 2.31. The summed E-state index contributed by atoms with van der Waals surface area (Å²) in [4.78, 5) is 58.7. The first-order valence-corrected chi connectivity index (χ1v) is 10.9. The monoisotopic (exact) mass is 475 g/mol. The molecule has 10 nitrogen and oxygen atoms in total. The van der Waals surface area contributed by atoms with Crippen LogP contribution in [0.4, 0.5) is 26.2 Å². The highest BCUT2D eigenvalue weighted by atomic mass is 19.2. The first-order valence-electron chi connectivity index (χ1n) is 10.9. The van der Waals surface area contributed by atoms with Gasteiger partial charge >= 0.3 is 5.97 Å². The van der Waals surface area contributed by atoms with Gasteiger partial charge in [-0.15, -0.1) is 0 Å². The third kappa shape index (κ3) is 4.75. The van der Waals surface area contributed by atoms with Gasteiger partial charge in [-0.1, -0.05) is 0 Å². The summed E-state index contributed by atoms with van der Waals surface area (Å²) in [5, 5.41) is 4.94. The maximum Gasteiger partial charge on any atom is 0.309 e. The summed E-state index contributed by atoms with van der Waals surface area (Å²) in [6.45, 7) is 2.94. The number of aromatic nitrogens is 2. The SMILES string of the molecule is CCOC(=O)C1CCN(c2nc3c(c(=O)[nH]2)[C@H](C(=O)Nc2ccc(F)c(F)c2)CC(=O)N3)CC1. The number of ether oxygens (including phenoxy) is 1. The molecule has 12 heteroatoms. The molecule has 4 rings (SSSR count). The van der Waals surface area contributed by atoms with Crippen molar-refractivity contribution in [1.29, 1.82) is 0 Å². The van der Waals surface area contributed by atoms with Gasteiger partial charge in [0.25, 0.3) is 5.56 Å². The molecule has 34 heavy (non-hydrogen) atoms. The Hall–Kier alpha value is -3.83. The Balaban J connectivity index is 1.54. The van der Waals surface area contributed by atoms with Gasteiger partial charge in [-0.05, 0) is 31.9 Å². The number of benzene rings is 1. The number of nitrogens with one attached hydrogen (secondary N) is 3. The van der Waals surface area contributed by atoms with E-state index in [0.29, 0.717) is 32.5 Å². The number of amides is 2. The number of rotatable bonds is 5. The van der Waals surface area contributed by atoms with Crippen LogP contribution in [0.5, 0.6) is 0 Å². The number of aromatic amines is 1. The molecule has 1 aromatic heterocycles. The fourth-order valence-corrected chi connectivity index (χ4v) is 4.12. The number of H-pyrrole nitrogens is 1. The number of nitrogens with zero attached hydrogens (tertiary/aromatic N) is 2. The van der Waals surface area contributed by atoms with Gasteiger partial charge in [0.05, 0.1) is 24.0 Å². The molecule has 3 heterocycles. The van der Waals surface area contributed by atoms with Gasteiger partial charge in [-0.3, -0.25) is 24.2 Å². The van der Waals surface area contributed by atoms with Crippen molar-refractivity contribution in [3.8, 4) is 0 Å². The molecule has 1 aromatic carbocycles. The van der Waals surface area contributed by atoms with E-state index in [2.05, 4.69) is 20.6 Å². The summed E-state index contributed by atoms with van der Waals surface area (Å²) < 4.78 is 31.7. The zero-order valence-electron chi connectivity index (χ0n) is 18.3. The molecule has 0 unspecified atom stereocenters. The molecule has 0 spiro atoms. The molecular weight excluding hydrogens is 452 g/mol. The molecule has 0 saturated carbocycles. The van der Waals surface area contributed by atoms with Crippen LogP contribution in [0.3, 0.4) is 0 Å². The van der Waals surface area contributed by atoms with Gasteiger partial charge in [-0.25, -0.2) is 8.78 Å². The molecular formula is C22H23F2N5O5. The quantitative estimate of drug-likeness (QED) is 0.563. The largest absolute Gasteiger partial charge is 0.466 e. The van der Waals surface area contributed by atoms with Crippen molar-refractivity contribution < 1.29 is 27.9 Å². The Labute approximate surface area is 192 Å². The zero-order valence-corrected chi connectivity index (χ0v) is 18.3. The van der Waals surface area contributed by atoms with E-state index in [9.17, 15) is 28.0 Å². The van der Waals surface area contributed by atoms with Crippen LogP contribution in [0.25, 0.3) is 0 Å². The predicted molar refractivity (Wildman–Crippen MR) is 117 cm³/mol. The van der Waals surface area contributed by atoms with Gasteiger partial charge in [-0.2, -0.15) is 4.98 Å². The van der Waals surface area contributed by atoms with Gasteiger partial charge in [0.2, 0.25) is 17.8 Å². The summed E-state index contributed by atoms with van der Waals surface area (Å²) in [6, 6.07) is 2.84. The van der Waals surface area contributed by atoms with Crippen LogP contribution in [0.15, 0.2) is 23.0 Å². The molecule has 180 valence electrons. The molecule has 0 aliphatic carbocycles. The standard InChI is InChI=1S/C22H23F2N5O5/c1-2-34-21(33)11-5-7-29(8-6-11)22-27-18-17(20(32)28-22)13(10-16(30)26-18)19(31)25-12-3-4-14(23)15(24)9-12/h3-4,9,11,13H,2,5-8,10H2,1H3,(H,25,31)(H2,26,27,28,30,32)/t13-/m1/s1. The van der Waals surface area contributed by atoms with Crippen LogP contribution in [-0.4, -0.2) is 47.4 Å². The van der Waals surface area contributed by atoms with Gasteiger partial charge in [0.1, 0.15) is 5.82 Å². The van der Waals surface area contributed by atoms with Crippen LogP contribution in [0.2, 0.25) is 0 Å². The Morgan fingerprint density at radius 2 is 1.94 bits per heavy atom. The fourth-order valence-electron chi connectivity index (χ4n) is 4.12. The molecule has 2 aromatic rings. The highest BCUT2D eigenvalue weighted by Gasteiger charge is 2.36. The maximum absolute atomic E-state index is 13.5. The molecule has 2 aliphatic heterocycles. The lowest BCUT2D eigenvalue weighted by molar-refractivity contribution is -0.148. The topological polar surface area (TPSA) is 133 Å². The lowest BCUT2D eigenvalue weighted by atomic mass is 9.92. The van der Waals surface area contributed by atoms with Crippen molar-refractivity contribution in [2.45, 2.75) is 32.1 Å². The van der Waals surface area contributed by atoms with E-state index >= 15 is 0 Å². The predicted octanol–water partition coefficient (Wildman–Crippen LogP) is 1.89. The van der Waals surface area contributed by atoms with E-state index in [0.717, 1.165) is 12.1 Å². The van der Waals surface area contributed by atoms with Crippen molar-refractivity contribution in [1.82, 2.24) is 9.97 Å². The Morgan fingerprint density at radius 1 is 1.21 bits per heavy atom. The minimum Gasteiger partial charge on any atom is -0.466 e. The zero-order chi connectivity index (χ0) is 24.4. The summed E-state index contributed by atoms with van der Waals surface area (Å²) in [7, 11) is 0. The first kappa shape index (κ1) is 23.3. The molecule has 0 bridgehead atoms. The number of piperidine rings is 1. The molecule has 1 fully saturated rings. The molecule has 2 amide bonds. The summed E-state index contributed by atoms with van der Waals surface area (Å²) in [5.74, 6) is -4.92. The van der Waals surface area contributed by atoms with Crippen LogP contribution >= 0.6 is 0 Å². The maximum atomic E-state index is 13.5. The second-order valence-electron chi connectivity index (χ2n) is 8.09. The van der Waals surface area contributed by atoms with E-state index in [1.54, 1.807) is 11.8 Å². The number of carbonyl (C=O) groups is 3. The Morgan fingerprint density at radius 3 is 2.62 bits per heavy atom. The summed E-state index contributed by atoms with van der Waals surface area (Å²) in [5.41, 5.74) is -0.635. The third-order valence-corrected chi connectivity index (χ3v) is 5.86.